The molecule has 1 fully saturated rings. The number of hydrogen-bond acceptors (Lipinski definition) is 4. The van der Waals surface area contributed by atoms with E-state index in [4.69, 9.17) is 4.74 Å². The molecule has 1 unspecified atom stereocenters. The largest absolute Gasteiger partial charge is 0.376 e. The topological polar surface area (TPSA) is 71.4 Å². The maximum Gasteiger partial charge on any atom is 0.315 e. The van der Waals surface area contributed by atoms with Gasteiger partial charge in [0.2, 0.25) is 0 Å². The van der Waals surface area contributed by atoms with E-state index in [0.29, 0.717) is 19.2 Å². The minimum absolute atomic E-state index is 0.131. The number of urea groups is 1. The lowest BCUT2D eigenvalue weighted by Gasteiger charge is -2.31. The van der Waals surface area contributed by atoms with Crippen molar-refractivity contribution in [3.8, 4) is 0 Å². The summed E-state index contributed by atoms with van der Waals surface area (Å²) in [5, 5.41) is 5.82. The minimum atomic E-state index is -0.131. The van der Waals surface area contributed by atoms with Crippen LogP contribution in [0.15, 0.2) is 43.0 Å². The van der Waals surface area contributed by atoms with Gasteiger partial charge < -0.3 is 19.9 Å². The lowest BCUT2D eigenvalue weighted by Crippen LogP contribution is -2.40. The number of rotatable bonds is 8. The predicted molar refractivity (Wildman–Crippen MR) is 104 cm³/mol. The van der Waals surface area contributed by atoms with Gasteiger partial charge in [0.05, 0.1) is 19.0 Å². The summed E-state index contributed by atoms with van der Waals surface area (Å²) in [5.74, 6) is 0. The highest BCUT2D eigenvalue weighted by atomic mass is 16.5. The Balaban J connectivity index is 1.36. The molecular weight excluding hydrogens is 342 g/mol. The van der Waals surface area contributed by atoms with Gasteiger partial charge in [-0.2, -0.15) is 0 Å². The lowest BCUT2D eigenvalue weighted by molar-refractivity contribution is -0.0212. The van der Waals surface area contributed by atoms with E-state index in [1.165, 1.54) is 5.56 Å². The zero-order chi connectivity index (χ0) is 18.9. The van der Waals surface area contributed by atoms with Gasteiger partial charge in [-0.3, -0.25) is 4.90 Å². The third kappa shape index (κ3) is 6.69. The average molecular weight is 371 g/mol. The monoisotopic (exact) mass is 371 g/mol. The molecule has 0 spiro atoms. The first-order valence-corrected chi connectivity index (χ1v) is 9.58. The molecule has 3 rings (SSSR count). The van der Waals surface area contributed by atoms with Crippen molar-refractivity contribution in [3.05, 3.63) is 54.1 Å². The number of hydrogen-bond donors (Lipinski definition) is 2. The van der Waals surface area contributed by atoms with Crippen LogP contribution in [-0.4, -0.2) is 52.8 Å². The van der Waals surface area contributed by atoms with Crippen LogP contribution in [0.2, 0.25) is 0 Å². The number of ether oxygens (including phenoxy) is 1. The van der Waals surface area contributed by atoms with E-state index in [9.17, 15) is 4.79 Å². The van der Waals surface area contributed by atoms with Gasteiger partial charge in [-0.15, -0.1) is 0 Å². The number of imidazole rings is 1. The zero-order valence-electron chi connectivity index (χ0n) is 15.9. The van der Waals surface area contributed by atoms with Crippen LogP contribution in [0.4, 0.5) is 4.79 Å². The van der Waals surface area contributed by atoms with Crippen molar-refractivity contribution in [3.63, 3.8) is 0 Å². The summed E-state index contributed by atoms with van der Waals surface area (Å²) in [4.78, 5) is 18.4. The third-order valence-electron chi connectivity index (χ3n) is 4.61. The van der Waals surface area contributed by atoms with Crippen molar-refractivity contribution in [2.75, 3.05) is 26.2 Å². The summed E-state index contributed by atoms with van der Waals surface area (Å²) in [6.07, 6.45) is 6.63. The first-order valence-electron chi connectivity index (χ1n) is 9.58. The Bertz CT molecular complexity index is 704. The van der Waals surface area contributed by atoms with Crippen LogP contribution < -0.4 is 10.6 Å². The molecule has 1 aliphatic rings. The predicted octanol–water partition coefficient (Wildman–Crippen LogP) is 1.99. The number of aryl methyl sites for hydroxylation is 1. The average Bonchev–Trinajstić information content (AvgIpc) is 3.17. The zero-order valence-corrected chi connectivity index (χ0v) is 15.9. The van der Waals surface area contributed by atoms with Crippen molar-refractivity contribution < 1.29 is 9.53 Å². The summed E-state index contributed by atoms with van der Waals surface area (Å²) in [6.45, 7) is 7.77. The highest BCUT2D eigenvalue weighted by Gasteiger charge is 2.16. The Morgan fingerprint density at radius 2 is 2.22 bits per heavy atom. The summed E-state index contributed by atoms with van der Waals surface area (Å²) in [6, 6.07) is 8.27. The first kappa shape index (κ1) is 19.4. The Kier molecular flexibility index (Phi) is 7.24. The molecule has 7 heteroatoms. The first-order chi connectivity index (χ1) is 13.2. The number of nitrogens with one attached hydrogen (secondary N) is 2. The molecule has 27 heavy (non-hydrogen) atoms. The summed E-state index contributed by atoms with van der Waals surface area (Å²) >= 11 is 0. The van der Waals surface area contributed by atoms with Crippen LogP contribution in [0.5, 0.6) is 0 Å². The van der Waals surface area contributed by atoms with Gasteiger partial charge in [0.25, 0.3) is 0 Å². The van der Waals surface area contributed by atoms with E-state index >= 15 is 0 Å². The van der Waals surface area contributed by atoms with Gasteiger partial charge in [0.15, 0.2) is 0 Å². The van der Waals surface area contributed by atoms with Gasteiger partial charge in [0.1, 0.15) is 0 Å². The molecule has 2 aromatic rings. The fourth-order valence-corrected chi connectivity index (χ4v) is 3.26. The standard InChI is InChI=1S/C20H29N5O2/c1-17-14-25(10-11-27-17)15-19-5-2-4-18(12-19)13-23-20(26)22-6-3-8-24-9-7-21-16-24/h2,4-5,7,9,12,16-17H,3,6,8,10-11,13-15H2,1H3,(H2,22,23,26). The smallest absolute Gasteiger partial charge is 0.315 e. The van der Waals surface area contributed by atoms with Crippen molar-refractivity contribution >= 4 is 6.03 Å². The van der Waals surface area contributed by atoms with E-state index in [-0.39, 0.29) is 6.03 Å². The normalized spacial score (nSPS) is 17.6. The molecule has 1 aliphatic heterocycles. The Labute approximate surface area is 160 Å². The molecule has 2 amide bonds. The van der Waals surface area contributed by atoms with Crippen molar-refractivity contribution in [2.45, 2.75) is 39.1 Å². The number of nitrogens with zero attached hydrogens (tertiary/aromatic N) is 3. The molecule has 0 saturated carbocycles. The summed E-state index contributed by atoms with van der Waals surface area (Å²) < 4.78 is 7.60. The number of benzene rings is 1. The Hall–Kier alpha value is -2.38. The van der Waals surface area contributed by atoms with E-state index in [0.717, 1.165) is 44.8 Å². The molecule has 2 heterocycles. The van der Waals surface area contributed by atoms with Crippen LogP contribution in [0.25, 0.3) is 0 Å². The van der Waals surface area contributed by atoms with E-state index < -0.39 is 0 Å². The molecule has 1 atom stereocenters. The summed E-state index contributed by atoms with van der Waals surface area (Å²) in [5.41, 5.74) is 2.38. The molecule has 0 aliphatic carbocycles. The van der Waals surface area contributed by atoms with Gasteiger partial charge in [0, 0.05) is 51.7 Å². The quantitative estimate of drug-likeness (QED) is 0.696. The van der Waals surface area contributed by atoms with Crippen molar-refractivity contribution in [2.24, 2.45) is 0 Å². The van der Waals surface area contributed by atoms with E-state index in [1.54, 1.807) is 12.5 Å². The highest BCUT2D eigenvalue weighted by molar-refractivity contribution is 5.73. The SMILES string of the molecule is CC1CN(Cc2cccc(CNC(=O)NCCCn3ccnc3)c2)CCO1. The highest BCUT2D eigenvalue weighted by Crippen LogP contribution is 2.12. The van der Waals surface area contributed by atoms with Crippen molar-refractivity contribution in [1.29, 1.82) is 0 Å². The maximum absolute atomic E-state index is 12.0. The lowest BCUT2D eigenvalue weighted by atomic mass is 10.1. The Morgan fingerprint density at radius 3 is 3.04 bits per heavy atom. The van der Waals surface area contributed by atoms with Crippen LogP contribution in [0, 0.1) is 0 Å². The third-order valence-corrected chi connectivity index (χ3v) is 4.61. The molecule has 1 aromatic heterocycles. The Morgan fingerprint density at radius 1 is 1.33 bits per heavy atom. The van der Waals surface area contributed by atoms with Crippen LogP contribution in [0.3, 0.4) is 0 Å². The molecule has 7 nitrogen and oxygen atoms in total. The second kappa shape index (κ2) is 10.1. The molecule has 2 N–H and O–H groups in total. The number of carbonyl (C=O) groups excluding carboxylic acids is 1. The molecule has 0 radical (unpaired) electrons. The van der Waals surface area contributed by atoms with Gasteiger partial charge in [-0.05, 0) is 24.5 Å². The van der Waals surface area contributed by atoms with Crippen molar-refractivity contribution in [1.82, 2.24) is 25.1 Å². The van der Waals surface area contributed by atoms with Gasteiger partial charge in [-0.25, -0.2) is 9.78 Å². The minimum Gasteiger partial charge on any atom is -0.376 e. The number of aromatic nitrogens is 2. The van der Waals surface area contributed by atoms with Crippen LogP contribution in [-0.2, 0) is 24.4 Å². The summed E-state index contributed by atoms with van der Waals surface area (Å²) in [7, 11) is 0. The number of morpholine rings is 1. The molecular formula is C20H29N5O2. The molecule has 146 valence electrons. The van der Waals surface area contributed by atoms with Crippen LogP contribution in [0.1, 0.15) is 24.5 Å². The fraction of sp³-hybridized carbons (Fsp3) is 0.500. The van der Waals surface area contributed by atoms with E-state index in [2.05, 4.69) is 45.6 Å². The molecule has 0 bridgehead atoms. The number of amides is 2. The molecule has 1 saturated heterocycles. The fourth-order valence-electron chi connectivity index (χ4n) is 3.26. The maximum atomic E-state index is 12.0. The second-order valence-corrected chi connectivity index (χ2v) is 7.00. The molecule has 1 aromatic carbocycles. The van der Waals surface area contributed by atoms with Gasteiger partial charge in [-0.1, -0.05) is 24.3 Å². The van der Waals surface area contributed by atoms with E-state index in [1.807, 2.05) is 16.8 Å². The number of carbonyl (C=O) groups is 1. The second-order valence-electron chi connectivity index (χ2n) is 7.00. The van der Waals surface area contributed by atoms with Crippen LogP contribution >= 0.6 is 0 Å². The van der Waals surface area contributed by atoms with Gasteiger partial charge >= 0.3 is 6.03 Å².